The van der Waals surface area contributed by atoms with Gasteiger partial charge in [0.1, 0.15) is 5.69 Å². The van der Waals surface area contributed by atoms with Gasteiger partial charge in [-0.3, -0.25) is 9.59 Å². The van der Waals surface area contributed by atoms with Crippen LogP contribution in [0.25, 0.3) is 10.9 Å². The number of fused-ring (bicyclic) bond motifs is 3. The summed E-state index contributed by atoms with van der Waals surface area (Å²) in [5.74, 6) is 0.0273. The van der Waals surface area contributed by atoms with E-state index >= 15 is 0 Å². The maximum absolute atomic E-state index is 13.2. The van der Waals surface area contributed by atoms with Crippen LogP contribution in [0.3, 0.4) is 0 Å². The van der Waals surface area contributed by atoms with Crippen LogP contribution in [0, 0.1) is 0 Å². The van der Waals surface area contributed by atoms with Gasteiger partial charge in [-0.1, -0.05) is 27.5 Å². The van der Waals surface area contributed by atoms with Crippen LogP contribution in [-0.2, 0) is 17.3 Å². The third-order valence-corrected chi connectivity index (χ3v) is 7.04. The van der Waals surface area contributed by atoms with Crippen molar-refractivity contribution in [2.24, 2.45) is 7.05 Å². The van der Waals surface area contributed by atoms with E-state index in [1.807, 2.05) is 59.0 Å². The predicted octanol–water partition coefficient (Wildman–Crippen LogP) is 4.72. The second-order valence-electron chi connectivity index (χ2n) is 7.81. The SMILES string of the molecule is Cn1c(C(=O)N2CCC3(CC2)C(=O)Nc2ccc(Br)cc23)cc2cc(Cl)ccc21. The Bertz CT molecular complexity index is 1180. The highest BCUT2D eigenvalue weighted by molar-refractivity contribution is 9.10. The fraction of sp³-hybridized carbons (Fsp3) is 0.273. The lowest BCUT2D eigenvalue weighted by Crippen LogP contribution is -2.48. The van der Waals surface area contributed by atoms with Crippen molar-refractivity contribution in [3.63, 3.8) is 0 Å². The van der Waals surface area contributed by atoms with Crippen LogP contribution in [0.1, 0.15) is 28.9 Å². The molecule has 0 saturated carbocycles. The molecule has 0 unspecified atom stereocenters. The number of nitrogens with zero attached hydrogens (tertiary/aromatic N) is 2. The minimum Gasteiger partial charge on any atom is -0.340 e. The molecule has 2 amide bonds. The maximum Gasteiger partial charge on any atom is 0.270 e. The largest absolute Gasteiger partial charge is 0.340 e. The van der Waals surface area contributed by atoms with E-state index in [1.54, 1.807) is 0 Å². The number of nitrogens with one attached hydrogen (secondary N) is 1. The molecule has 148 valence electrons. The van der Waals surface area contributed by atoms with E-state index in [9.17, 15) is 9.59 Å². The smallest absolute Gasteiger partial charge is 0.270 e. The number of carbonyl (C=O) groups is 2. The van der Waals surface area contributed by atoms with Gasteiger partial charge in [-0.2, -0.15) is 0 Å². The molecule has 5 nitrogen and oxygen atoms in total. The summed E-state index contributed by atoms with van der Waals surface area (Å²) in [5, 5.41) is 4.61. The van der Waals surface area contributed by atoms with E-state index in [0.717, 1.165) is 26.6 Å². The van der Waals surface area contributed by atoms with Crippen LogP contribution in [0.15, 0.2) is 46.9 Å². The summed E-state index contributed by atoms with van der Waals surface area (Å²) in [4.78, 5) is 27.9. The summed E-state index contributed by atoms with van der Waals surface area (Å²) in [7, 11) is 1.90. The standard InChI is InChI=1S/C22H19BrClN3O2/c1-26-18-5-3-15(24)10-13(18)11-19(26)20(28)27-8-6-22(7-9-27)16-12-14(23)2-4-17(16)25-21(22)29/h2-5,10-12H,6-9H2,1H3,(H,25,29). The normalized spacial score (nSPS) is 17.6. The number of benzene rings is 2. The number of hydrogen-bond acceptors (Lipinski definition) is 2. The Morgan fingerprint density at radius 3 is 2.66 bits per heavy atom. The topological polar surface area (TPSA) is 54.3 Å². The molecule has 2 aliphatic rings. The first kappa shape index (κ1) is 18.7. The molecule has 1 saturated heterocycles. The number of halogens is 2. The second-order valence-corrected chi connectivity index (χ2v) is 9.16. The number of amides is 2. The average molecular weight is 473 g/mol. The Hall–Kier alpha value is -2.31. The van der Waals surface area contributed by atoms with Crippen molar-refractivity contribution in [3.8, 4) is 0 Å². The lowest BCUT2D eigenvalue weighted by Gasteiger charge is -2.38. The Morgan fingerprint density at radius 1 is 1.14 bits per heavy atom. The molecule has 1 fully saturated rings. The second kappa shape index (κ2) is 6.61. The van der Waals surface area contributed by atoms with E-state index in [0.29, 0.717) is 36.6 Å². The van der Waals surface area contributed by atoms with Gasteiger partial charge in [0.05, 0.1) is 5.41 Å². The summed E-state index contributed by atoms with van der Waals surface area (Å²) >= 11 is 9.61. The van der Waals surface area contributed by atoms with E-state index in [2.05, 4.69) is 21.2 Å². The molecule has 1 spiro atoms. The first-order valence-corrected chi connectivity index (χ1v) is 10.7. The summed E-state index contributed by atoms with van der Waals surface area (Å²) in [6.45, 7) is 1.08. The molecule has 0 radical (unpaired) electrons. The lowest BCUT2D eigenvalue weighted by atomic mass is 9.73. The van der Waals surface area contributed by atoms with Gasteiger partial charge < -0.3 is 14.8 Å². The van der Waals surface area contributed by atoms with E-state index < -0.39 is 5.41 Å². The van der Waals surface area contributed by atoms with Crippen molar-refractivity contribution in [1.29, 1.82) is 0 Å². The van der Waals surface area contributed by atoms with Crippen LogP contribution in [-0.4, -0.2) is 34.4 Å². The zero-order valence-electron chi connectivity index (χ0n) is 15.8. The highest BCUT2D eigenvalue weighted by Crippen LogP contribution is 2.46. The number of aryl methyl sites for hydroxylation is 1. The molecule has 0 aliphatic carbocycles. The maximum atomic E-state index is 13.2. The molecule has 0 atom stereocenters. The Morgan fingerprint density at radius 2 is 1.90 bits per heavy atom. The number of rotatable bonds is 1. The molecule has 2 aliphatic heterocycles. The van der Waals surface area contributed by atoms with Crippen molar-refractivity contribution in [2.45, 2.75) is 18.3 Å². The first-order valence-electron chi connectivity index (χ1n) is 9.55. The molecule has 3 aromatic rings. The van der Waals surface area contributed by atoms with Gasteiger partial charge in [-0.15, -0.1) is 0 Å². The van der Waals surface area contributed by atoms with Gasteiger partial charge in [0.15, 0.2) is 0 Å². The quantitative estimate of drug-likeness (QED) is 0.557. The summed E-state index contributed by atoms with van der Waals surface area (Å²) < 4.78 is 2.87. The molecule has 5 rings (SSSR count). The zero-order chi connectivity index (χ0) is 20.3. The number of hydrogen-bond donors (Lipinski definition) is 1. The highest BCUT2D eigenvalue weighted by Gasteiger charge is 2.49. The van der Waals surface area contributed by atoms with Crippen molar-refractivity contribution >= 4 is 55.9 Å². The number of anilines is 1. The van der Waals surface area contributed by atoms with Crippen molar-refractivity contribution < 1.29 is 9.59 Å². The Kier molecular flexibility index (Phi) is 4.26. The Balaban J connectivity index is 1.42. The molecule has 1 N–H and O–H groups in total. The number of likely N-dealkylation sites (tertiary alicyclic amines) is 1. The molecular weight excluding hydrogens is 454 g/mol. The molecule has 3 heterocycles. The third kappa shape index (κ3) is 2.81. The van der Waals surface area contributed by atoms with Gasteiger partial charge in [0.25, 0.3) is 5.91 Å². The zero-order valence-corrected chi connectivity index (χ0v) is 18.2. The van der Waals surface area contributed by atoms with Crippen LogP contribution < -0.4 is 5.32 Å². The van der Waals surface area contributed by atoms with Crippen molar-refractivity contribution in [1.82, 2.24) is 9.47 Å². The number of piperidine rings is 1. The third-order valence-electron chi connectivity index (χ3n) is 6.31. The van der Waals surface area contributed by atoms with Crippen LogP contribution in [0.2, 0.25) is 5.02 Å². The van der Waals surface area contributed by atoms with Crippen molar-refractivity contribution in [3.05, 3.63) is 63.2 Å². The molecular formula is C22H19BrClN3O2. The van der Waals surface area contributed by atoms with E-state index in [4.69, 9.17) is 11.6 Å². The van der Waals surface area contributed by atoms with Gasteiger partial charge in [-0.05, 0) is 60.9 Å². The Labute approximate surface area is 181 Å². The molecule has 0 bridgehead atoms. The van der Waals surface area contributed by atoms with Gasteiger partial charge in [-0.25, -0.2) is 0 Å². The average Bonchev–Trinajstić information content (AvgIpc) is 3.16. The monoisotopic (exact) mass is 471 g/mol. The van der Waals surface area contributed by atoms with E-state index in [1.165, 1.54) is 0 Å². The van der Waals surface area contributed by atoms with Gasteiger partial charge in [0, 0.05) is 46.2 Å². The van der Waals surface area contributed by atoms with Gasteiger partial charge in [0.2, 0.25) is 5.91 Å². The van der Waals surface area contributed by atoms with Crippen LogP contribution in [0.5, 0.6) is 0 Å². The minimum atomic E-state index is -0.553. The molecule has 2 aromatic carbocycles. The predicted molar refractivity (Wildman–Crippen MR) is 118 cm³/mol. The van der Waals surface area contributed by atoms with Crippen molar-refractivity contribution in [2.75, 3.05) is 18.4 Å². The molecule has 1 aromatic heterocycles. The minimum absolute atomic E-state index is 0.0115. The fourth-order valence-electron chi connectivity index (χ4n) is 4.66. The van der Waals surface area contributed by atoms with Crippen LogP contribution >= 0.6 is 27.5 Å². The highest BCUT2D eigenvalue weighted by atomic mass is 79.9. The molecule has 29 heavy (non-hydrogen) atoms. The van der Waals surface area contributed by atoms with Gasteiger partial charge >= 0.3 is 0 Å². The first-order chi connectivity index (χ1) is 13.9. The number of carbonyl (C=O) groups excluding carboxylic acids is 2. The lowest BCUT2D eigenvalue weighted by molar-refractivity contribution is -0.122. The number of aromatic nitrogens is 1. The summed E-state index contributed by atoms with van der Waals surface area (Å²) in [6, 6.07) is 13.4. The molecule has 7 heteroatoms. The fourth-order valence-corrected chi connectivity index (χ4v) is 5.20. The van der Waals surface area contributed by atoms with E-state index in [-0.39, 0.29) is 11.8 Å². The van der Waals surface area contributed by atoms with Crippen LogP contribution in [0.4, 0.5) is 5.69 Å². The summed E-state index contributed by atoms with van der Waals surface area (Å²) in [6.07, 6.45) is 1.23. The summed E-state index contributed by atoms with van der Waals surface area (Å²) in [5.41, 5.74) is 2.96.